The number of methoxy groups -OCH3 is 2. The van der Waals surface area contributed by atoms with Crippen molar-refractivity contribution in [3.05, 3.63) is 41.3 Å². The molecule has 0 saturated heterocycles. The van der Waals surface area contributed by atoms with E-state index in [4.69, 9.17) is 15.3 Å². The van der Waals surface area contributed by atoms with E-state index in [1.165, 1.54) is 0 Å². The number of nitrogens with one attached hydrogen (secondary N) is 1. The quantitative estimate of drug-likeness (QED) is 0.637. The zero-order valence-electron chi connectivity index (χ0n) is 11.8. The van der Waals surface area contributed by atoms with Crippen LogP contribution >= 0.6 is 0 Å². The normalized spacial score (nSPS) is 10.2. The maximum absolute atomic E-state index is 5.39. The molecule has 6 heteroatoms. The Kier molecular flexibility index (Phi) is 4.37. The van der Waals surface area contributed by atoms with Crippen LogP contribution < -0.4 is 20.7 Å². The van der Waals surface area contributed by atoms with Crippen LogP contribution in [0.15, 0.2) is 24.3 Å². The molecule has 106 valence electrons. The molecule has 0 aliphatic rings. The first-order chi connectivity index (χ1) is 9.66. The Balaban J connectivity index is 2.27. The minimum Gasteiger partial charge on any atom is -0.493 e. The topological polar surface area (TPSA) is 82.3 Å². The highest BCUT2D eigenvalue weighted by Gasteiger charge is 2.07. The Morgan fingerprint density at radius 1 is 1.10 bits per heavy atom. The van der Waals surface area contributed by atoms with Gasteiger partial charge >= 0.3 is 0 Å². The molecule has 6 nitrogen and oxygen atoms in total. The molecular formula is C14H18N4O2. The Morgan fingerprint density at radius 2 is 1.85 bits per heavy atom. The van der Waals surface area contributed by atoms with Crippen molar-refractivity contribution in [1.29, 1.82) is 0 Å². The van der Waals surface area contributed by atoms with E-state index in [-0.39, 0.29) is 0 Å². The minimum atomic E-state index is 0.594. The molecule has 0 saturated carbocycles. The van der Waals surface area contributed by atoms with Gasteiger partial charge in [-0.3, -0.25) is 0 Å². The van der Waals surface area contributed by atoms with Gasteiger partial charge < -0.3 is 14.9 Å². The fraction of sp³-hybridized carbons (Fsp3) is 0.286. The highest BCUT2D eigenvalue weighted by atomic mass is 16.5. The number of nitrogens with two attached hydrogens (primary N) is 1. The molecule has 3 N–H and O–H groups in total. The number of hydrogen-bond donors (Lipinski definition) is 2. The van der Waals surface area contributed by atoms with Crippen molar-refractivity contribution >= 4 is 5.82 Å². The highest BCUT2D eigenvalue weighted by molar-refractivity contribution is 5.44. The van der Waals surface area contributed by atoms with Crippen LogP contribution in [0.3, 0.4) is 0 Å². The maximum atomic E-state index is 5.39. The van der Waals surface area contributed by atoms with Gasteiger partial charge in [0, 0.05) is 18.2 Å². The van der Waals surface area contributed by atoms with E-state index in [0.29, 0.717) is 29.6 Å². The van der Waals surface area contributed by atoms with Gasteiger partial charge in [-0.05, 0) is 24.6 Å². The van der Waals surface area contributed by atoms with E-state index in [1.54, 1.807) is 20.3 Å². The fourth-order valence-corrected chi connectivity index (χ4v) is 1.96. The molecule has 0 amide bonds. The van der Waals surface area contributed by atoms with Crippen molar-refractivity contribution in [2.45, 2.75) is 13.3 Å². The lowest BCUT2D eigenvalue weighted by atomic mass is 10.1. The van der Waals surface area contributed by atoms with E-state index in [9.17, 15) is 0 Å². The summed E-state index contributed by atoms with van der Waals surface area (Å²) in [7, 11) is 3.22. The molecule has 2 rings (SSSR count). The van der Waals surface area contributed by atoms with E-state index in [2.05, 4.69) is 15.4 Å². The summed E-state index contributed by atoms with van der Waals surface area (Å²) in [5.41, 5.74) is 4.44. The summed E-state index contributed by atoms with van der Waals surface area (Å²) in [4.78, 5) is 8.72. The number of benzene rings is 1. The lowest BCUT2D eigenvalue weighted by Crippen LogP contribution is -2.11. The van der Waals surface area contributed by atoms with Crippen LogP contribution in [0, 0.1) is 6.92 Å². The van der Waals surface area contributed by atoms with Gasteiger partial charge in [-0.15, -0.1) is 0 Å². The Hall–Kier alpha value is -2.34. The zero-order chi connectivity index (χ0) is 14.5. The molecule has 0 aliphatic heterocycles. The molecule has 2 aromatic rings. The van der Waals surface area contributed by atoms with E-state index in [0.717, 1.165) is 11.3 Å². The van der Waals surface area contributed by atoms with Crippen molar-refractivity contribution < 1.29 is 9.47 Å². The summed E-state index contributed by atoms with van der Waals surface area (Å²) < 4.78 is 10.5. The van der Waals surface area contributed by atoms with E-state index < -0.39 is 0 Å². The summed E-state index contributed by atoms with van der Waals surface area (Å²) in [6.07, 6.45) is 0.594. The third-order valence-corrected chi connectivity index (χ3v) is 2.86. The number of nitrogen functional groups attached to an aromatic ring is 1. The van der Waals surface area contributed by atoms with Crippen molar-refractivity contribution in [2.24, 2.45) is 5.84 Å². The Labute approximate surface area is 117 Å². The summed E-state index contributed by atoms with van der Waals surface area (Å²) in [5.74, 6) is 8.08. The van der Waals surface area contributed by atoms with Crippen LogP contribution in [-0.2, 0) is 6.42 Å². The second-order valence-corrected chi connectivity index (χ2v) is 4.32. The Morgan fingerprint density at radius 3 is 2.50 bits per heavy atom. The average Bonchev–Trinajstić information content (AvgIpc) is 2.46. The SMILES string of the molecule is COc1ccc(Cc2nc(C)cc(NN)n2)cc1OC. The zero-order valence-corrected chi connectivity index (χ0v) is 11.8. The standard InChI is InChI=1S/C14H18N4O2/c1-9-6-14(18-15)17-13(16-9)8-10-4-5-11(19-2)12(7-10)20-3/h4-7H,8,15H2,1-3H3,(H,16,17,18). The van der Waals surface area contributed by atoms with Crippen molar-refractivity contribution in [3.63, 3.8) is 0 Å². The number of hydrazine groups is 1. The third kappa shape index (κ3) is 3.16. The summed E-state index contributed by atoms with van der Waals surface area (Å²) in [6, 6.07) is 7.53. The molecule has 0 radical (unpaired) electrons. The number of hydrogen-bond acceptors (Lipinski definition) is 6. The molecule has 1 heterocycles. The number of nitrogens with zero attached hydrogens (tertiary/aromatic N) is 2. The summed E-state index contributed by atoms with van der Waals surface area (Å²) in [6.45, 7) is 1.90. The lowest BCUT2D eigenvalue weighted by Gasteiger charge is -2.10. The van der Waals surface area contributed by atoms with Crippen LogP contribution in [0.2, 0.25) is 0 Å². The number of aromatic nitrogens is 2. The first-order valence-electron chi connectivity index (χ1n) is 6.18. The van der Waals surface area contributed by atoms with Crippen molar-refractivity contribution in [3.8, 4) is 11.5 Å². The Bertz CT molecular complexity index is 602. The molecule has 0 aliphatic carbocycles. The van der Waals surface area contributed by atoms with Gasteiger partial charge in [-0.2, -0.15) is 0 Å². The molecular weight excluding hydrogens is 256 g/mol. The third-order valence-electron chi connectivity index (χ3n) is 2.86. The van der Waals surface area contributed by atoms with Gasteiger partial charge in [-0.1, -0.05) is 6.07 Å². The molecule has 0 atom stereocenters. The predicted molar refractivity (Wildman–Crippen MR) is 76.9 cm³/mol. The number of aryl methyl sites for hydroxylation is 1. The molecule has 0 unspecified atom stereocenters. The highest BCUT2D eigenvalue weighted by Crippen LogP contribution is 2.28. The van der Waals surface area contributed by atoms with Crippen LogP contribution in [0.4, 0.5) is 5.82 Å². The minimum absolute atomic E-state index is 0.594. The van der Waals surface area contributed by atoms with Gasteiger partial charge in [-0.25, -0.2) is 15.8 Å². The monoisotopic (exact) mass is 274 g/mol. The van der Waals surface area contributed by atoms with Crippen LogP contribution in [0.5, 0.6) is 11.5 Å². The van der Waals surface area contributed by atoms with Gasteiger partial charge in [0.05, 0.1) is 14.2 Å². The predicted octanol–water partition coefficient (Wildman–Crippen LogP) is 1.68. The van der Waals surface area contributed by atoms with Crippen LogP contribution in [-0.4, -0.2) is 24.2 Å². The fourth-order valence-electron chi connectivity index (χ4n) is 1.96. The van der Waals surface area contributed by atoms with Gasteiger partial charge in [0.15, 0.2) is 11.5 Å². The van der Waals surface area contributed by atoms with Crippen LogP contribution in [0.1, 0.15) is 17.1 Å². The van der Waals surface area contributed by atoms with E-state index >= 15 is 0 Å². The number of anilines is 1. The molecule has 0 bridgehead atoms. The van der Waals surface area contributed by atoms with Crippen molar-refractivity contribution in [2.75, 3.05) is 19.6 Å². The molecule has 1 aromatic carbocycles. The first kappa shape index (κ1) is 14.1. The smallest absolute Gasteiger partial charge is 0.161 e. The van der Waals surface area contributed by atoms with Crippen molar-refractivity contribution in [1.82, 2.24) is 9.97 Å². The molecule has 1 aromatic heterocycles. The molecule has 20 heavy (non-hydrogen) atoms. The van der Waals surface area contributed by atoms with Gasteiger partial charge in [0.1, 0.15) is 11.6 Å². The number of ether oxygens (including phenoxy) is 2. The summed E-state index contributed by atoms with van der Waals surface area (Å²) >= 11 is 0. The molecule has 0 fully saturated rings. The molecule has 0 spiro atoms. The average molecular weight is 274 g/mol. The lowest BCUT2D eigenvalue weighted by molar-refractivity contribution is 0.354. The van der Waals surface area contributed by atoms with Crippen LogP contribution in [0.25, 0.3) is 0 Å². The first-order valence-corrected chi connectivity index (χ1v) is 6.18. The van der Waals surface area contributed by atoms with E-state index in [1.807, 2.05) is 25.1 Å². The van der Waals surface area contributed by atoms with Gasteiger partial charge in [0.2, 0.25) is 0 Å². The number of rotatable bonds is 5. The van der Waals surface area contributed by atoms with Gasteiger partial charge in [0.25, 0.3) is 0 Å². The second kappa shape index (κ2) is 6.21. The second-order valence-electron chi connectivity index (χ2n) is 4.32. The maximum Gasteiger partial charge on any atom is 0.161 e. The summed E-state index contributed by atoms with van der Waals surface area (Å²) in [5, 5.41) is 0. The largest absolute Gasteiger partial charge is 0.493 e.